The van der Waals surface area contributed by atoms with Crippen molar-refractivity contribution in [2.45, 2.75) is 25.0 Å². The molecule has 0 aliphatic carbocycles. The van der Waals surface area contributed by atoms with Gasteiger partial charge < -0.3 is 10.2 Å². The Kier molecular flexibility index (Phi) is 5.15. The van der Waals surface area contributed by atoms with E-state index in [1.807, 2.05) is 0 Å². The van der Waals surface area contributed by atoms with Crippen molar-refractivity contribution in [3.63, 3.8) is 0 Å². The van der Waals surface area contributed by atoms with E-state index in [9.17, 15) is 0 Å². The summed E-state index contributed by atoms with van der Waals surface area (Å²) in [5.41, 5.74) is 0. The van der Waals surface area contributed by atoms with Crippen LogP contribution < -0.4 is 5.32 Å². The summed E-state index contributed by atoms with van der Waals surface area (Å²) >= 11 is 2.12. The van der Waals surface area contributed by atoms with Crippen molar-refractivity contribution in [3.8, 4) is 0 Å². The van der Waals surface area contributed by atoms with Gasteiger partial charge in [0, 0.05) is 49.8 Å². The van der Waals surface area contributed by atoms with Crippen LogP contribution >= 0.6 is 11.8 Å². The molecule has 17 heavy (non-hydrogen) atoms. The van der Waals surface area contributed by atoms with E-state index in [0.29, 0.717) is 4.75 Å². The van der Waals surface area contributed by atoms with Crippen LogP contribution in [0, 0.1) is 0 Å². The smallest absolute Gasteiger partial charge is 0.0231 e. The second kappa shape index (κ2) is 6.41. The predicted octanol–water partition coefficient (Wildman–Crippen LogP) is 1.11. The van der Waals surface area contributed by atoms with Crippen LogP contribution in [-0.2, 0) is 0 Å². The Morgan fingerprint density at radius 1 is 1.06 bits per heavy atom. The Balaban J connectivity index is 1.70. The number of hydrogen-bond donors (Lipinski definition) is 1. The standard InChI is InChI=1S/C13H27N3S/c1-13(2)12-16(10-11-17-13)9-8-15-6-3-4-14-5-7-15/h14H,3-12H2,1-2H3. The van der Waals surface area contributed by atoms with Gasteiger partial charge in [-0.05, 0) is 33.4 Å². The molecule has 100 valence electrons. The summed E-state index contributed by atoms with van der Waals surface area (Å²) < 4.78 is 0.457. The van der Waals surface area contributed by atoms with Gasteiger partial charge in [0.05, 0.1) is 0 Å². The van der Waals surface area contributed by atoms with Crippen molar-refractivity contribution in [3.05, 3.63) is 0 Å². The van der Waals surface area contributed by atoms with Crippen molar-refractivity contribution < 1.29 is 0 Å². The van der Waals surface area contributed by atoms with E-state index in [-0.39, 0.29) is 0 Å². The van der Waals surface area contributed by atoms with Gasteiger partial charge in [-0.25, -0.2) is 0 Å². The SMILES string of the molecule is CC1(C)CN(CCN2CCCNCC2)CCS1. The third kappa shape index (κ3) is 4.78. The Bertz CT molecular complexity index is 225. The quantitative estimate of drug-likeness (QED) is 0.816. The van der Waals surface area contributed by atoms with Gasteiger partial charge in [0.15, 0.2) is 0 Å². The molecule has 0 atom stereocenters. The summed E-state index contributed by atoms with van der Waals surface area (Å²) in [5.74, 6) is 1.30. The molecule has 0 spiro atoms. The number of nitrogens with one attached hydrogen (secondary N) is 1. The molecule has 4 heteroatoms. The summed E-state index contributed by atoms with van der Waals surface area (Å²) in [6.45, 7) is 14.7. The molecule has 0 amide bonds. The first kappa shape index (κ1) is 13.7. The summed E-state index contributed by atoms with van der Waals surface area (Å²) in [6.07, 6.45) is 1.31. The summed E-state index contributed by atoms with van der Waals surface area (Å²) in [6, 6.07) is 0. The maximum absolute atomic E-state index is 3.47. The van der Waals surface area contributed by atoms with Crippen LogP contribution in [0.5, 0.6) is 0 Å². The zero-order valence-electron chi connectivity index (χ0n) is 11.4. The molecule has 2 heterocycles. The molecular formula is C13H27N3S. The van der Waals surface area contributed by atoms with Crippen molar-refractivity contribution >= 4 is 11.8 Å². The van der Waals surface area contributed by atoms with Gasteiger partial charge in [0.25, 0.3) is 0 Å². The lowest BCUT2D eigenvalue weighted by Crippen LogP contribution is -2.46. The highest BCUT2D eigenvalue weighted by atomic mass is 32.2. The minimum absolute atomic E-state index is 0.457. The van der Waals surface area contributed by atoms with Gasteiger partial charge in [-0.3, -0.25) is 4.90 Å². The van der Waals surface area contributed by atoms with Crippen molar-refractivity contribution in [2.24, 2.45) is 0 Å². The third-order valence-electron chi connectivity index (χ3n) is 3.67. The summed E-state index contributed by atoms with van der Waals surface area (Å²) in [5, 5.41) is 3.47. The lowest BCUT2D eigenvalue weighted by molar-refractivity contribution is 0.204. The Hall–Kier alpha value is 0.230. The van der Waals surface area contributed by atoms with Crippen LogP contribution in [0.25, 0.3) is 0 Å². The average Bonchev–Trinajstić information content (AvgIpc) is 2.53. The largest absolute Gasteiger partial charge is 0.315 e. The van der Waals surface area contributed by atoms with E-state index in [1.165, 1.54) is 64.5 Å². The summed E-state index contributed by atoms with van der Waals surface area (Å²) in [7, 11) is 0. The molecule has 0 aromatic rings. The lowest BCUT2D eigenvalue weighted by atomic mass is 10.2. The molecule has 0 aromatic heterocycles. The van der Waals surface area contributed by atoms with E-state index in [0.717, 1.165) is 0 Å². The van der Waals surface area contributed by atoms with Crippen LogP contribution in [-0.4, -0.2) is 72.7 Å². The molecule has 0 bridgehead atoms. The molecule has 0 saturated carbocycles. The third-order valence-corrected chi connectivity index (χ3v) is 4.97. The Morgan fingerprint density at radius 3 is 2.71 bits per heavy atom. The highest BCUT2D eigenvalue weighted by Crippen LogP contribution is 2.29. The second-order valence-electron chi connectivity index (χ2n) is 5.83. The van der Waals surface area contributed by atoms with Gasteiger partial charge in [-0.1, -0.05) is 0 Å². The van der Waals surface area contributed by atoms with Crippen molar-refractivity contribution in [1.82, 2.24) is 15.1 Å². The first-order valence-electron chi connectivity index (χ1n) is 6.95. The van der Waals surface area contributed by atoms with Crippen LogP contribution in [0.3, 0.4) is 0 Å². The number of nitrogens with zero attached hydrogens (tertiary/aromatic N) is 2. The Morgan fingerprint density at radius 2 is 1.88 bits per heavy atom. The highest BCUT2D eigenvalue weighted by molar-refractivity contribution is 8.00. The van der Waals surface area contributed by atoms with E-state index >= 15 is 0 Å². The molecule has 1 N–H and O–H groups in total. The van der Waals surface area contributed by atoms with Crippen LogP contribution in [0.1, 0.15) is 20.3 Å². The summed E-state index contributed by atoms with van der Waals surface area (Å²) in [4.78, 5) is 5.27. The molecule has 0 aromatic carbocycles. The predicted molar refractivity (Wildman–Crippen MR) is 76.9 cm³/mol. The lowest BCUT2D eigenvalue weighted by Gasteiger charge is -2.38. The van der Waals surface area contributed by atoms with Gasteiger partial charge >= 0.3 is 0 Å². The maximum Gasteiger partial charge on any atom is 0.0231 e. The monoisotopic (exact) mass is 257 g/mol. The highest BCUT2D eigenvalue weighted by Gasteiger charge is 2.26. The van der Waals surface area contributed by atoms with Gasteiger partial charge in [-0.15, -0.1) is 0 Å². The molecule has 2 saturated heterocycles. The minimum atomic E-state index is 0.457. The first-order valence-corrected chi connectivity index (χ1v) is 7.94. The van der Waals surface area contributed by atoms with Gasteiger partial charge in [-0.2, -0.15) is 11.8 Å². The molecule has 0 radical (unpaired) electrons. The van der Waals surface area contributed by atoms with Crippen LogP contribution in [0.4, 0.5) is 0 Å². The number of hydrogen-bond acceptors (Lipinski definition) is 4. The van der Waals surface area contributed by atoms with Crippen LogP contribution in [0.15, 0.2) is 0 Å². The fraction of sp³-hybridized carbons (Fsp3) is 1.00. The van der Waals surface area contributed by atoms with E-state index in [2.05, 4.69) is 40.7 Å². The number of rotatable bonds is 3. The molecule has 3 nitrogen and oxygen atoms in total. The molecule has 0 unspecified atom stereocenters. The fourth-order valence-corrected chi connectivity index (χ4v) is 3.89. The Labute approximate surface area is 110 Å². The van der Waals surface area contributed by atoms with E-state index < -0.39 is 0 Å². The normalized spacial score (nSPS) is 27.9. The number of thioether (sulfide) groups is 1. The first-order chi connectivity index (χ1) is 8.16. The minimum Gasteiger partial charge on any atom is -0.315 e. The maximum atomic E-state index is 3.47. The zero-order valence-corrected chi connectivity index (χ0v) is 12.2. The topological polar surface area (TPSA) is 18.5 Å². The molecule has 2 rings (SSSR count). The van der Waals surface area contributed by atoms with Crippen molar-refractivity contribution in [1.29, 1.82) is 0 Å². The van der Waals surface area contributed by atoms with E-state index in [4.69, 9.17) is 0 Å². The van der Waals surface area contributed by atoms with Gasteiger partial charge in [0.2, 0.25) is 0 Å². The van der Waals surface area contributed by atoms with Crippen LogP contribution in [0.2, 0.25) is 0 Å². The second-order valence-corrected chi connectivity index (χ2v) is 7.63. The van der Waals surface area contributed by atoms with Gasteiger partial charge in [0.1, 0.15) is 0 Å². The molecule has 2 aliphatic rings. The van der Waals surface area contributed by atoms with E-state index in [1.54, 1.807) is 0 Å². The van der Waals surface area contributed by atoms with Crippen molar-refractivity contribution in [2.75, 3.05) is 58.1 Å². The molecule has 2 fully saturated rings. The molecule has 2 aliphatic heterocycles. The molecular weight excluding hydrogens is 230 g/mol. The fourth-order valence-electron chi connectivity index (χ4n) is 2.71. The zero-order chi connectivity index (χ0) is 12.1. The average molecular weight is 257 g/mol.